The van der Waals surface area contributed by atoms with Gasteiger partial charge in [0.05, 0.1) is 7.11 Å². The number of nitrogens with one attached hydrogen (secondary N) is 2. The molecule has 1 aromatic carbocycles. The van der Waals surface area contributed by atoms with Crippen molar-refractivity contribution < 1.29 is 4.74 Å². The third-order valence-corrected chi connectivity index (χ3v) is 2.81. The van der Waals surface area contributed by atoms with E-state index in [4.69, 9.17) is 4.74 Å². The van der Waals surface area contributed by atoms with Crippen molar-refractivity contribution in [3.8, 4) is 5.75 Å². The summed E-state index contributed by atoms with van der Waals surface area (Å²) in [6.45, 7) is 7.26. The largest absolute Gasteiger partial charge is 0.496 e. The summed E-state index contributed by atoms with van der Waals surface area (Å²) in [5, 5.41) is 6.67. The molecule has 2 N–H and O–H groups in total. The third kappa shape index (κ3) is 3.42. The number of rotatable bonds is 5. The number of hydrogen-bond acceptors (Lipinski definition) is 3. The van der Waals surface area contributed by atoms with Crippen LogP contribution in [0.4, 0.5) is 5.69 Å². The van der Waals surface area contributed by atoms with E-state index in [-0.39, 0.29) is 5.54 Å². The van der Waals surface area contributed by atoms with E-state index in [0.29, 0.717) is 0 Å². The number of benzene rings is 1. The highest BCUT2D eigenvalue weighted by atomic mass is 16.5. The van der Waals surface area contributed by atoms with Gasteiger partial charge in [0.2, 0.25) is 0 Å². The SMILES string of the molecule is CNC(C)(C)CNc1ccc(OC)c(C)c1. The first-order chi connectivity index (χ1) is 7.48. The second kappa shape index (κ2) is 5.21. The first-order valence-corrected chi connectivity index (χ1v) is 5.56. The van der Waals surface area contributed by atoms with Crippen molar-refractivity contribution in [1.29, 1.82) is 0 Å². The molecular formula is C13H22N2O. The molecule has 0 aliphatic carbocycles. The van der Waals surface area contributed by atoms with Crippen LogP contribution in [0.15, 0.2) is 18.2 Å². The van der Waals surface area contributed by atoms with Crippen molar-refractivity contribution in [1.82, 2.24) is 5.32 Å². The average Bonchev–Trinajstić information content (AvgIpc) is 2.27. The Bertz CT molecular complexity index is 348. The lowest BCUT2D eigenvalue weighted by Gasteiger charge is -2.25. The smallest absolute Gasteiger partial charge is 0.121 e. The van der Waals surface area contributed by atoms with Crippen molar-refractivity contribution in [3.05, 3.63) is 23.8 Å². The third-order valence-electron chi connectivity index (χ3n) is 2.81. The van der Waals surface area contributed by atoms with E-state index < -0.39 is 0 Å². The summed E-state index contributed by atoms with van der Waals surface area (Å²) in [7, 11) is 3.67. The van der Waals surface area contributed by atoms with Crippen LogP contribution in [0.25, 0.3) is 0 Å². The molecule has 0 spiro atoms. The van der Waals surface area contributed by atoms with Gasteiger partial charge in [-0.3, -0.25) is 0 Å². The van der Waals surface area contributed by atoms with Crippen molar-refractivity contribution in [2.75, 3.05) is 26.0 Å². The molecule has 90 valence electrons. The predicted molar refractivity (Wildman–Crippen MR) is 69.4 cm³/mol. The van der Waals surface area contributed by atoms with Crippen LogP contribution in [-0.2, 0) is 0 Å². The minimum atomic E-state index is 0.0911. The van der Waals surface area contributed by atoms with Gasteiger partial charge < -0.3 is 15.4 Å². The standard InChI is InChI=1S/C13H22N2O/c1-10-8-11(6-7-12(10)16-5)15-9-13(2,3)14-4/h6-8,14-15H,9H2,1-5H3. The molecule has 0 amide bonds. The topological polar surface area (TPSA) is 33.3 Å². The molecule has 0 fully saturated rings. The van der Waals surface area contributed by atoms with E-state index in [1.165, 1.54) is 0 Å². The van der Waals surface area contributed by atoms with Gasteiger partial charge in [-0.1, -0.05) is 0 Å². The Morgan fingerprint density at radius 1 is 1.31 bits per heavy atom. The van der Waals surface area contributed by atoms with Crippen LogP contribution < -0.4 is 15.4 Å². The molecule has 16 heavy (non-hydrogen) atoms. The van der Waals surface area contributed by atoms with Crippen LogP contribution in [-0.4, -0.2) is 26.2 Å². The predicted octanol–water partition coefficient (Wildman–Crippen LogP) is 2.41. The molecule has 0 aromatic heterocycles. The molecule has 0 bridgehead atoms. The van der Waals surface area contributed by atoms with Gasteiger partial charge in [-0.15, -0.1) is 0 Å². The van der Waals surface area contributed by atoms with Gasteiger partial charge in [-0.25, -0.2) is 0 Å². The summed E-state index contributed by atoms with van der Waals surface area (Å²) >= 11 is 0. The fourth-order valence-corrected chi connectivity index (χ4v) is 1.40. The molecule has 0 atom stereocenters. The van der Waals surface area contributed by atoms with Crippen molar-refractivity contribution in [2.24, 2.45) is 0 Å². The second-order valence-electron chi connectivity index (χ2n) is 4.67. The molecule has 1 aromatic rings. The van der Waals surface area contributed by atoms with Crippen LogP contribution >= 0.6 is 0 Å². The van der Waals surface area contributed by atoms with Gasteiger partial charge in [-0.05, 0) is 51.6 Å². The number of methoxy groups -OCH3 is 1. The average molecular weight is 222 g/mol. The van der Waals surface area contributed by atoms with Crippen LogP contribution in [0.3, 0.4) is 0 Å². The molecule has 0 unspecified atom stereocenters. The monoisotopic (exact) mass is 222 g/mol. The molecular weight excluding hydrogens is 200 g/mol. The van der Waals surface area contributed by atoms with E-state index in [9.17, 15) is 0 Å². The Morgan fingerprint density at radius 3 is 2.50 bits per heavy atom. The summed E-state index contributed by atoms with van der Waals surface area (Å²) in [5.41, 5.74) is 2.37. The first-order valence-electron chi connectivity index (χ1n) is 5.56. The zero-order chi connectivity index (χ0) is 12.2. The van der Waals surface area contributed by atoms with E-state index >= 15 is 0 Å². The highest BCUT2D eigenvalue weighted by Crippen LogP contribution is 2.21. The highest BCUT2D eigenvalue weighted by Gasteiger charge is 2.13. The number of aryl methyl sites for hydroxylation is 1. The van der Waals surface area contributed by atoms with E-state index in [2.05, 4.69) is 30.5 Å². The molecule has 0 heterocycles. The maximum Gasteiger partial charge on any atom is 0.121 e. The Morgan fingerprint density at radius 2 is 2.00 bits per heavy atom. The lowest BCUT2D eigenvalue weighted by Crippen LogP contribution is -2.42. The van der Waals surface area contributed by atoms with Crippen LogP contribution in [0, 0.1) is 6.92 Å². The number of ether oxygens (including phenoxy) is 1. The Balaban J connectivity index is 2.65. The number of likely N-dealkylation sites (N-methyl/N-ethyl adjacent to an activating group) is 1. The summed E-state index contributed by atoms with van der Waals surface area (Å²) in [5.74, 6) is 0.929. The summed E-state index contributed by atoms with van der Waals surface area (Å²) in [6.07, 6.45) is 0. The van der Waals surface area contributed by atoms with Crippen LogP contribution in [0.2, 0.25) is 0 Å². The van der Waals surface area contributed by atoms with Crippen molar-refractivity contribution >= 4 is 5.69 Å². The molecule has 3 nitrogen and oxygen atoms in total. The van der Waals surface area contributed by atoms with E-state index in [0.717, 1.165) is 23.5 Å². The zero-order valence-corrected chi connectivity index (χ0v) is 10.8. The fraction of sp³-hybridized carbons (Fsp3) is 0.538. The fourth-order valence-electron chi connectivity index (χ4n) is 1.40. The minimum absolute atomic E-state index is 0.0911. The van der Waals surface area contributed by atoms with Gasteiger partial charge in [0.25, 0.3) is 0 Å². The zero-order valence-electron chi connectivity index (χ0n) is 10.8. The Kier molecular flexibility index (Phi) is 4.19. The lowest BCUT2D eigenvalue weighted by atomic mass is 10.1. The van der Waals surface area contributed by atoms with Gasteiger partial charge in [0.1, 0.15) is 5.75 Å². The second-order valence-corrected chi connectivity index (χ2v) is 4.67. The lowest BCUT2D eigenvalue weighted by molar-refractivity contribution is 0.411. The Labute approximate surface area is 98.2 Å². The molecule has 3 heteroatoms. The summed E-state index contributed by atoms with van der Waals surface area (Å²) in [4.78, 5) is 0. The molecule has 0 aliphatic rings. The normalized spacial score (nSPS) is 11.3. The molecule has 0 aliphatic heterocycles. The Hall–Kier alpha value is -1.22. The maximum atomic E-state index is 5.23. The number of hydrogen-bond donors (Lipinski definition) is 2. The van der Waals surface area contributed by atoms with Crippen molar-refractivity contribution in [3.63, 3.8) is 0 Å². The maximum absolute atomic E-state index is 5.23. The van der Waals surface area contributed by atoms with Crippen molar-refractivity contribution in [2.45, 2.75) is 26.3 Å². The van der Waals surface area contributed by atoms with Gasteiger partial charge in [-0.2, -0.15) is 0 Å². The molecule has 0 saturated carbocycles. The summed E-state index contributed by atoms with van der Waals surface area (Å²) in [6, 6.07) is 6.13. The van der Waals surface area contributed by atoms with Gasteiger partial charge in [0.15, 0.2) is 0 Å². The van der Waals surface area contributed by atoms with Crippen LogP contribution in [0.5, 0.6) is 5.75 Å². The number of anilines is 1. The molecule has 1 rings (SSSR count). The quantitative estimate of drug-likeness (QED) is 0.802. The molecule has 0 radical (unpaired) electrons. The van der Waals surface area contributed by atoms with E-state index in [1.54, 1.807) is 7.11 Å². The summed E-state index contributed by atoms with van der Waals surface area (Å²) < 4.78 is 5.23. The van der Waals surface area contributed by atoms with Gasteiger partial charge in [0, 0.05) is 17.8 Å². The van der Waals surface area contributed by atoms with Gasteiger partial charge >= 0.3 is 0 Å². The first kappa shape index (κ1) is 12.8. The van der Waals surface area contributed by atoms with Crippen LogP contribution in [0.1, 0.15) is 19.4 Å². The molecule has 0 saturated heterocycles. The van der Waals surface area contributed by atoms with E-state index in [1.807, 2.05) is 26.1 Å². The highest BCUT2D eigenvalue weighted by molar-refractivity contribution is 5.50. The minimum Gasteiger partial charge on any atom is -0.496 e.